The van der Waals surface area contributed by atoms with Crippen molar-refractivity contribution >= 4 is 18.3 Å². The van der Waals surface area contributed by atoms with E-state index in [0.29, 0.717) is 12.0 Å². The van der Waals surface area contributed by atoms with Gasteiger partial charge in [-0.3, -0.25) is 0 Å². The summed E-state index contributed by atoms with van der Waals surface area (Å²) in [6.45, 7) is 3.69. The molecule has 18 heavy (non-hydrogen) atoms. The van der Waals surface area contributed by atoms with Gasteiger partial charge in [-0.15, -0.1) is 0 Å². The number of nitrogens with zero attached hydrogens (tertiary/aromatic N) is 1. The van der Waals surface area contributed by atoms with Gasteiger partial charge >= 0.3 is 7.12 Å². The zero-order valence-corrected chi connectivity index (χ0v) is 10.9. The third kappa shape index (κ3) is 4.68. The molecular formula is C13H22BNO3. The van der Waals surface area contributed by atoms with Gasteiger partial charge in [-0.05, 0) is 24.0 Å². The number of hydrogen-bond acceptors (Lipinski definition) is 4. The smallest absolute Gasteiger partial charge is 0.423 e. The highest BCUT2D eigenvalue weighted by Gasteiger charge is 2.13. The lowest BCUT2D eigenvalue weighted by molar-refractivity contribution is 0.301. The second-order valence-electron chi connectivity index (χ2n) is 4.39. The number of aliphatic hydroxyl groups excluding tert-OH is 1. The third-order valence-electron chi connectivity index (χ3n) is 2.94. The van der Waals surface area contributed by atoms with Gasteiger partial charge in [-0.1, -0.05) is 31.9 Å². The van der Waals surface area contributed by atoms with Gasteiger partial charge < -0.3 is 20.1 Å². The molecule has 3 N–H and O–H groups in total. The van der Waals surface area contributed by atoms with E-state index in [4.69, 9.17) is 15.2 Å². The number of anilines is 1. The van der Waals surface area contributed by atoms with E-state index < -0.39 is 7.12 Å². The van der Waals surface area contributed by atoms with Crippen LogP contribution < -0.4 is 10.4 Å². The van der Waals surface area contributed by atoms with E-state index in [-0.39, 0.29) is 6.61 Å². The van der Waals surface area contributed by atoms with E-state index in [1.807, 2.05) is 6.07 Å². The minimum Gasteiger partial charge on any atom is -0.423 e. The van der Waals surface area contributed by atoms with Crippen LogP contribution in [0.1, 0.15) is 26.2 Å². The Bertz CT molecular complexity index is 347. The summed E-state index contributed by atoms with van der Waals surface area (Å²) in [6, 6.07) is 7.16. The molecule has 4 nitrogen and oxygen atoms in total. The molecule has 0 aliphatic carbocycles. The van der Waals surface area contributed by atoms with Crippen molar-refractivity contribution in [3.63, 3.8) is 0 Å². The fourth-order valence-electron chi connectivity index (χ4n) is 1.93. The molecule has 0 bridgehead atoms. The Morgan fingerprint density at radius 3 is 2.56 bits per heavy atom. The fraction of sp³-hybridized carbons (Fsp3) is 0.538. The normalized spacial score (nSPS) is 10.4. The first-order chi connectivity index (χ1) is 8.69. The molecule has 0 heterocycles. The van der Waals surface area contributed by atoms with Crippen molar-refractivity contribution in [2.24, 2.45) is 0 Å². The van der Waals surface area contributed by atoms with E-state index in [0.717, 1.165) is 31.5 Å². The summed E-state index contributed by atoms with van der Waals surface area (Å²) in [7, 11) is -1.45. The summed E-state index contributed by atoms with van der Waals surface area (Å²) in [5.41, 5.74) is 1.40. The minimum absolute atomic E-state index is 0.0953. The van der Waals surface area contributed by atoms with Crippen molar-refractivity contribution in [2.75, 3.05) is 24.6 Å². The maximum Gasteiger partial charge on any atom is 0.488 e. The van der Waals surface area contributed by atoms with Gasteiger partial charge in [0.15, 0.2) is 0 Å². The molecule has 100 valence electrons. The molecular weight excluding hydrogens is 229 g/mol. The van der Waals surface area contributed by atoms with E-state index >= 15 is 0 Å². The molecule has 0 radical (unpaired) electrons. The zero-order valence-electron chi connectivity index (χ0n) is 10.9. The van der Waals surface area contributed by atoms with Crippen molar-refractivity contribution in [3.05, 3.63) is 24.3 Å². The first-order valence-corrected chi connectivity index (χ1v) is 6.51. The lowest BCUT2D eigenvalue weighted by Gasteiger charge is -2.24. The Kier molecular flexibility index (Phi) is 6.79. The Balaban J connectivity index is 2.74. The zero-order chi connectivity index (χ0) is 13.4. The summed E-state index contributed by atoms with van der Waals surface area (Å²) in [4.78, 5) is 2.07. The minimum atomic E-state index is -1.45. The van der Waals surface area contributed by atoms with Gasteiger partial charge in [0, 0.05) is 18.8 Å². The van der Waals surface area contributed by atoms with Crippen LogP contribution in [0.15, 0.2) is 24.3 Å². The van der Waals surface area contributed by atoms with Crippen LogP contribution in [0.3, 0.4) is 0 Å². The number of benzene rings is 1. The highest BCUT2D eigenvalue weighted by atomic mass is 16.4. The molecule has 0 aromatic heterocycles. The van der Waals surface area contributed by atoms with E-state index in [9.17, 15) is 0 Å². The molecule has 1 rings (SSSR count). The van der Waals surface area contributed by atoms with Crippen molar-refractivity contribution in [3.8, 4) is 0 Å². The largest absolute Gasteiger partial charge is 0.488 e. The molecule has 0 saturated heterocycles. The van der Waals surface area contributed by atoms with E-state index in [2.05, 4.69) is 11.8 Å². The number of aliphatic hydroxyl groups is 1. The van der Waals surface area contributed by atoms with Crippen LogP contribution in [-0.2, 0) is 0 Å². The van der Waals surface area contributed by atoms with Gasteiger partial charge in [0.25, 0.3) is 0 Å². The summed E-state index contributed by atoms with van der Waals surface area (Å²) in [5.74, 6) is 0. The van der Waals surface area contributed by atoms with Crippen LogP contribution in [0.5, 0.6) is 0 Å². The van der Waals surface area contributed by atoms with Crippen LogP contribution in [0.25, 0.3) is 0 Å². The monoisotopic (exact) mass is 251 g/mol. The summed E-state index contributed by atoms with van der Waals surface area (Å²) in [5, 5.41) is 27.4. The van der Waals surface area contributed by atoms with Gasteiger partial charge in [0.2, 0.25) is 0 Å². The Labute approximate surface area is 109 Å². The van der Waals surface area contributed by atoms with Crippen LogP contribution in [-0.4, -0.2) is 42.0 Å². The fourth-order valence-corrected chi connectivity index (χ4v) is 1.93. The average molecular weight is 251 g/mol. The molecule has 5 heteroatoms. The van der Waals surface area contributed by atoms with Crippen molar-refractivity contribution in [1.29, 1.82) is 0 Å². The molecule has 0 atom stereocenters. The van der Waals surface area contributed by atoms with Gasteiger partial charge in [-0.25, -0.2) is 0 Å². The van der Waals surface area contributed by atoms with Crippen molar-refractivity contribution < 1.29 is 15.2 Å². The molecule has 1 aromatic rings. The first kappa shape index (κ1) is 15.0. The van der Waals surface area contributed by atoms with Crippen LogP contribution in [0, 0.1) is 0 Å². The van der Waals surface area contributed by atoms with Gasteiger partial charge in [0.1, 0.15) is 0 Å². The lowest BCUT2D eigenvalue weighted by Crippen LogP contribution is -2.33. The molecule has 0 fully saturated rings. The lowest BCUT2D eigenvalue weighted by atomic mass is 9.80. The molecule has 0 aliphatic heterocycles. The highest BCUT2D eigenvalue weighted by molar-refractivity contribution is 6.58. The quantitative estimate of drug-likeness (QED) is 0.461. The number of unbranched alkanes of at least 4 members (excludes halogenated alkanes) is 2. The Morgan fingerprint density at radius 2 is 1.94 bits per heavy atom. The van der Waals surface area contributed by atoms with E-state index in [1.165, 1.54) is 0 Å². The topological polar surface area (TPSA) is 63.9 Å². The molecule has 0 aliphatic rings. The Morgan fingerprint density at radius 1 is 1.17 bits per heavy atom. The van der Waals surface area contributed by atoms with Crippen LogP contribution in [0.4, 0.5) is 5.69 Å². The van der Waals surface area contributed by atoms with Gasteiger partial charge in [-0.2, -0.15) is 0 Å². The first-order valence-electron chi connectivity index (χ1n) is 6.51. The van der Waals surface area contributed by atoms with Crippen molar-refractivity contribution in [2.45, 2.75) is 26.2 Å². The molecule has 0 saturated carbocycles. The second kappa shape index (κ2) is 8.13. The number of hydrogen-bond donors (Lipinski definition) is 3. The van der Waals surface area contributed by atoms with Crippen LogP contribution >= 0.6 is 0 Å². The van der Waals surface area contributed by atoms with Crippen molar-refractivity contribution in [1.82, 2.24) is 0 Å². The van der Waals surface area contributed by atoms with Gasteiger partial charge in [0.05, 0.1) is 6.61 Å². The second-order valence-corrected chi connectivity index (χ2v) is 4.39. The maximum atomic E-state index is 9.16. The molecule has 0 unspecified atom stereocenters. The molecule has 1 aromatic carbocycles. The summed E-state index contributed by atoms with van der Waals surface area (Å²) >= 11 is 0. The maximum absolute atomic E-state index is 9.16. The third-order valence-corrected chi connectivity index (χ3v) is 2.94. The predicted octanol–water partition coefficient (Wildman–Crippen LogP) is 0.355. The van der Waals surface area contributed by atoms with Crippen LogP contribution in [0.2, 0.25) is 0 Å². The summed E-state index contributed by atoms with van der Waals surface area (Å²) in [6.07, 6.45) is 3.38. The standard InChI is InChI=1S/C13H22BNO3/c1-2-3-4-8-15(9-10-16)13-7-5-6-12(11-13)14(17)18/h5-7,11,16-18H,2-4,8-10H2,1H3. The summed E-state index contributed by atoms with van der Waals surface area (Å²) < 4.78 is 0. The molecule has 0 amide bonds. The van der Waals surface area contributed by atoms with E-state index in [1.54, 1.807) is 18.2 Å². The SMILES string of the molecule is CCCCCN(CCO)c1cccc(B(O)O)c1. The Hall–Kier alpha value is -1.04. The molecule has 0 spiro atoms. The average Bonchev–Trinajstić information content (AvgIpc) is 2.38. The number of rotatable bonds is 8. The highest BCUT2D eigenvalue weighted by Crippen LogP contribution is 2.13. The predicted molar refractivity (Wildman–Crippen MR) is 75.1 cm³/mol.